The summed E-state index contributed by atoms with van der Waals surface area (Å²) >= 11 is 0. The molecule has 1 unspecified atom stereocenters. The van der Waals surface area contributed by atoms with Gasteiger partial charge in [-0.15, -0.1) is 9.24 Å². The molecule has 0 aliphatic heterocycles. The minimum absolute atomic E-state index is 0. The zero-order valence-corrected chi connectivity index (χ0v) is 5.12. The van der Waals surface area contributed by atoms with Crippen LogP contribution < -0.4 is 5.30 Å². The van der Waals surface area contributed by atoms with Crippen molar-refractivity contribution in [3.63, 3.8) is 0 Å². The van der Waals surface area contributed by atoms with E-state index in [0.717, 1.165) is 0 Å². The zero-order chi connectivity index (χ0) is 5.11. The molecule has 0 saturated heterocycles. The van der Waals surface area contributed by atoms with Gasteiger partial charge in [0.1, 0.15) is 0 Å². The third kappa shape index (κ3) is 2.13. The topological polar surface area (TPSA) is 0 Å². The number of hydrogen-bond acceptors (Lipinski definition) is 0. The Balaban J connectivity index is 0.000000490. The first-order chi connectivity index (χ1) is 3.39. The van der Waals surface area contributed by atoms with Crippen LogP contribution in [0, 0.1) is 0 Å². The molecular formula is C6H10BP. The predicted octanol–water partition coefficient (Wildman–Crippen LogP) is 0.00310. The van der Waals surface area contributed by atoms with Crippen LogP contribution in [0.4, 0.5) is 0 Å². The molecule has 8 heavy (non-hydrogen) atoms. The lowest BCUT2D eigenvalue weighted by atomic mass is 10.4. The smallest absolute Gasteiger partial charge is 0.0814 e. The molecule has 0 fully saturated rings. The first-order valence-electron chi connectivity index (χ1n) is 2.20. The molecule has 42 valence electrons. The van der Waals surface area contributed by atoms with E-state index in [1.807, 2.05) is 30.3 Å². The first kappa shape index (κ1) is 7.71. The minimum atomic E-state index is 0. The van der Waals surface area contributed by atoms with Gasteiger partial charge >= 0.3 is 0 Å². The van der Waals surface area contributed by atoms with Crippen molar-refractivity contribution in [2.75, 3.05) is 0 Å². The van der Waals surface area contributed by atoms with Crippen molar-refractivity contribution in [2.24, 2.45) is 0 Å². The first-order valence-corrected chi connectivity index (χ1v) is 2.78. The summed E-state index contributed by atoms with van der Waals surface area (Å²) in [5, 5.41) is 1.24. The number of benzene rings is 1. The molecule has 1 atom stereocenters. The minimum Gasteiger partial charge on any atom is -0.106 e. The highest BCUT2D eigenvalue weighted by atomic mass is 31.0. The van der Waals surface area contributed by atoms with Crippen molar-refractivity contribution in [2.45, 2.75) is 0 Å². The van der Waals surface area contributed by atoms with Crippen LogP contribution in [0.15, 0.2) is 30.3 Å². The van der Waals surface area contributed by atoms with Crippen LogP contribution in [0.25, 0.3) is 0 Å². The van der Waals surface area contributed by atoms with E-state index >= 15 is 0 Å². The Hall–Kier alpha value is -0.285. The molecule has 0 saturated carbocycles. The summed E-state index contributed by atoms with van der Waals surface area (Å²) in [7, 11) is 2.63. The average Bonchev–Trinajstić information content (AvgIpc) is 1.69. The van der Waals surface area contributed by atoms with E-state index < -0.39 is 0 Å². The molecule has 1 aromatic carbocycles. The molecule has 2 heteroatoms. The third-order valence-electron chi connectivity index (χ3n) is 0.800. The quantitative estimate of drug-likeness (QED) is 0.337. The van der Waals surface area contributed by atoms with Gasteiger partial charge < -0.3 is 0 Å². The summed E-state index contributed by atoms with van der Waals surface area (Å²) in [6.07, 6.45) is 0. The highest BCUT2D eigenvalue weighted by Crippen LogP contribution is 1.86. The molecule has 0 aromatic heterocycles. The normalized spacial score (nSPS) is 7.62. The highest BCUT2D eigenvalue weighted by Gasteiger charge is 1.72. The van der Waals surface area contributed by atoms with Gasteiger partial charge in [0.2, 0.25) is 0 Å². The Kier molecular flexibility index (Phi) is 3.55. The maximum absolute atomic E-state index is 2.63. The van der Waals surface area contributed by atoms with Crippen LogP contribution in [-0.2, 0) is 0 Å². The summed E-state index contributed by atoms with van der Waals surface area (Å²) in [6.45, 7) is 0. The lowest BCUT2D eigenvalue weighted by Gasteiger charge is -1.82. The van der Waals surface area contributed by atoms with E-state index in [-0.39, 0.29) is 8.41 Å². The second-order valence-electron chi connectivity index (χ2n) is 1.41. The number of hydrogen-bond donors (Lipinski definition) is 0. The molecule has 0 spiro atoms. The summed E-state index contributed by atoms with van der Waals surface area (Å²) in [5.41, 5.74) is 0. The predicted molar refractivity (Wildman–Crippen MR) is 45.7 cm³/mol. The Morgan fingerprint density at radius 3 is 1.75 bits per heavy atom. The van der Waals surface area contributed by atoms with Crippen LogP contribution in [0.1, 0.15) is 0 Å². The molecule has 0 N–H and O–H groups in total. The molecular weight excluding hydrogens is 114 g/mol. The summed E-state index contributed by atoms with van der Waals surface area (Å²) in [6, 6.07) is 10.1. The van der Waals surface area contributed by atoms with Crippen LogP contribution in [0.2, 0.25) is 0 Å². The van der Waals surface area contributed by atoms with E-state index in [0.29, 0.717) is 0 Å². The standard InChI is InChI=1S/C6H7P.BH3/c7-6-4-2-1-3-5-6;/h1-5H,7H2;1H3. The third-order valence-corrected chi connectivity index (χ3v) is 1.18. The van der Waals surface area contributed by atoms with Crippen molar-refractivity contribution in [1.82, 2.24) is 0 Å². The van der Waals surface area contributed by atoms with E-state index in [2.05, 4.69) is 9.24 Å². The summed E-state index contributed by atoms with van der Waals surface area (Å²) in [5.74, 6) is 0. The van der Waals surface area contributed by atoms with Gasteiger partial charge in [-0.25, -0.2) is 0 Å². The van der Waals surface area contributed by atoms with Gasteiger partial charge in [0.05, 0.1) is 8.41 Å². The van der Waals surface area contributed by atoms with Crippen molar-refractivity contribution in [3.05, 3.63) is 30.3 Å². The van der Waals surface area contributed by atoms with E-state index in [1.165, 1.54) is 5.30 Å². The van der Waals surface area contributed by atoms with E-state index in [1.54, 1.807) is 0 Å². The van der Waals surface area contributed by atoms with Crippen LogP contribution >= 0.6 is 9.24 Å². The highest BCUT2D eigenvalue weighted by molar-refractivity contribution is 7.27. The van der Waals surface area contributed by atoms with Gasteiger partial charge in [0.15, 0.2) is 0 Å². The van der Waals surface area contributed by atoms with E-state index in [4.69, 9.17) is 0 Å². The van der Waals surface area contributed by atoms with Crippen LogP contribution in [0.3, 0.4) is 0 Å². The van der Waals surface area contributed by atoms with Gasteiger partial charge in [-0.1, -0.05) is 30.3 Å². The fourth-order valence-corrected chi connectivity index (χ4v) is 0.675. The van der Waals surface area contributed by atoms with Crippen molar-refractivity contribution >= 4 is 23.0 Å². The molecule has 0 amide bonds. The van der Waals surface area contributed by atoms with Crippen LogP contribution in [0.5, 0.6) is 0 Å². The molecule has 1 rings (SSSR count). The Bertz CT molecular complexity index is 138. The maximum atomic E-state index is 2.63. The van der Waals surface area contributed by atoms with Gasteiger partial charge in [-0.2, -0.15) is 0 Å². The SMILES string of the molecule is B.Pc1ccccc1. The Morgan fingerprint density at radius 1 is 1.00 bits per heavy atom. The molecule has 0 aliphatic rings. The molecule has 0 aliphatic carbocycles. The van der Waals surface area contributed by atoms with Gasteiger partial charge in [-0.05, 0) is 5.30 Å². The number of rotatable bonds is 0. The fraction of sp³-hybridized carbons (Fsp3) is 0. The zero-order valence-electron chi connectivity index (χ0n) is 3.96. The molecule has 0 heterocycles. The van der Waals surface area contributed by atoms with Gasteiger partial charge in [-0.3, -0.25) is 0 Å². The van der Waals surface area contributed by atoms with Crippen LogP contribution in [-0.4, -0.2) is 8.41 Å². The summed E-state index contributed by atoms with van der Waals surface area (Å²) in [4.78, 5) is 0. The van der Waals surface area contributed by atoms with Crippen molar-refractivity contribution in [3.8, 4) is 0 Å². The molecule has 1 aromatic rings. The Morgan fingerprint density at radius 2 is 1.50 bits per heavy atom. The lowest BCUT2D eigenvalue weighted by Crippen LogP contribution is -1.82. The molecule has 0 radical (unpaired) electrons. The largest absolute Gasteiger partial charge is 0.106 e. The second-order valence-corrected chi connectivity index (χ2v) is 2.08. The summed E-state index contributed by atoms with van der Waals surface area (Å²) < 4.78 is 0. The molecule has 0 nitrogen and oxygen atoms in total. The second kappa shape index (κ2) is 3.68. The van der Waals surface area contributed by atoms with Gasteiger partial charge in [0.25, 0.3) is 0 Å². The maximum Gasteiger partial charge on any atom is 0.0814 e. The van der Waals surface area contributed by atoms with Crippen molar-refractivity contribution in [1.29, 1.82) is 0 Å². The Labute approximate surface area is 54.1 Å². The lowest BCUT2D eigenvalue weighted by molar-refractivity contribution is 1.78. The van der Waals surface area contributed by atoms with Gasteiger partial charge in [0, 0.05) is 0 Å². The monoisotopic (exact) mass is 124 g/mol. The van der Waals surface area contributed by atoms with E-state index in [9.17, 15) is 0 Å². The average molecular weight is 124 g/mol. The molecule has 0 bridgehead atoms. The fourth-order valence-electron chi connectivity index (χ4n) is 0.453. The van der Waals surface area contributed by atoms with Crippen molar-refractivity contribution < 1.29 is 0 Å².